The lowest BCUT2D eigenvalue weighted by Crippen LogP contribution is -2.54. The van der Waals surface area contributed by atoms with Crippen molar-refractivity contribution in [1.29, 1.82) is 0 Å². The van der Waals surface area contributed by atoms with Gasteiger partial charge in [0.25, 0.3) is 0 Å². The van der Waals surface area contributed by atoms with Crippen LogP contribution in [0.3, 0.4) is 0 Å². The molecule has 0 radical (unpaired) electrons. The number of anilines is 2. The van der Waals surface area contributed by atoms with Crippen LogP contribution in [-0.2, 0) is 0 Å². The monoisotopic (exact) mass is 436 g/mol. The van der Waals surface area contributed by atoms with E-state index in [1.165, 1.54) is 0 Å². The van der Waals surface area contributed by atoms with E-state index in [9.17, 15) is 9.59 Å². The van der Waals surface area contributed by atoms with Crippen LogP contribution >= 0.6 is 0 Å². The van der Waals surface area contributed by atoms with Crippen molar-refractivity contribution in [3.63, 3.8) is 0 Å². The van der Waals surface area contributed by atoms with Gasteiger partial charge in [-0.2, -0.15) is 0 Å². The number of hydrogen-bond acceptors (Lipinski definition) is 2. The number of rotatable bonds is 6. The molecule has 1 aliphatic carbocycles. The predicted molar refractivity (Wildman–Crippen MR) is 131 cm³/mol. The molecule has 6 nitrogen and oxygen atoms in total. The molecule has 2 aromatic carbocycles. The van der Waals surface area contributed by atoms with Crippen LogP contribution in [0.1, 0.15) is 42.5 Å². The highest BCUT2D eigenvalue weighted by Gasteiger charge is 2.47. The summed E-state index contributed by atoms with van der Waals surface area (Å²) in [5.41, 5.74) is 6.03. The third-order valence-electron chi connectivity index (χ3n) is 6.97. The van der Waals surface area contributed by atoms with Crippen molar-refractivity contribution >= 4 is 23.4 Å². The smallest absolute Gasteiger partial charge is 0.319 e. The number of nitrogens with one attached hydrogen (secondary N) is 4. The third-order valence-corrected chi connectivity index (χ3v) is 6.97. The number of carbonyl (C=O) groups is 2. The fraction of sp³-hybridized carbons (Fsp3) is 0.462. The zero-order valence-electron chi connectivity index (χ0n) is 20.1. The van der Waals surface area contributed by atoms with Gasteiger partial charge in [0.2, 0.25) is 0 Å². The molecule has 2 unspecified atom stereocenters. The van der Waals surface area contributed by atoms with Gasteiger partial charge in [0.15, 0.2) is 0 Å². The van der Waals surface area contributed by atoms with Gasteiger partial charge in [0.1, 0.15) is 0 Å². The maximum absolute atomic E-state index is 12.4. The van der Waals surface area contributed by atoms with Crippen LogP contribution < -0.4 is 21.3 Å². The molecule has 1 saturated carbocycles. The van der Waals surface area contributed by atoms with E-state index >= 15 is 0 Å². The molecule has 2 atom stereocenters. The number of urea groups is 2. The van der Waals surface area contributed by atoms with Crippen molar-refractivity contribution in [3.05, 3.63) is 58.7 Å². The van der Waals surface area contributed by atoms with Gasteiger partial charge >= 0.3 is 12.1 Å². The minimum atomic E-state index is -0.177. The van der Waals surface area contributed by atoms with E-state index in [2.05, 4.69) is 35.1 Å². The van der Waals surface area contributed by atoms with Crippen molar-refractivity contribution in [2.24, 2.45) is 17.3 Å². The van der Waals surface area contributed by atoms with Gasteiger partial charge in [-0.1, -0.05) is 38.1 Å². The second-order valence-electron chi connectivity index (χ2n) is 9.76. The molecule has 4 amide bonds. The van der Waals surface area contributed by atoms with Crippen LogP contribution in [-0.4, -0.2) is 25.2 Å². The van der Waals surface area contributed by atoms with Gasteiger partial charge in [-0.15, -0.1) is 0 Å². The zero-order chi connectivity index (χ0) is 23.5. The van der Waals surface area contributed by atoms with E-state index in [0.717, 1.165) is 40.0 Å². The average Bonchev–Trinajstić information content (AvgIpc) is 2.72. The Morgan fingerprint density at radius 3 is 1.56 bits per heavy atom. The normalized spacial score (nSPS) is 18.9. The molecular weight excluding hydrogens is 400 g/mol. The Labute approximate surface area is 191 Å². The molecular formula is C26H36N4O2. The highest BCUT2D eigenvalue weighted by atomic mass is 16.2. The Bertz CT molecular complexity index is 922. The van der Waals surface area contributed by atoms with Gasteiger partial charge in [-0.3, -0.25) is 0 Å². The van der Waals surface area contributed by atoms with Crippen LogP contribution in [0.25, 0.3) is 0 Å². The molecule has 0 aromatic heterocycles. The van der Waals surface area contributed by atoms with Crippen molar-refractivity contribution in [1.82, 2.24) is 10.6 Å². The maximum Gasteiger partial charge on any atom is 0.319 e. The molecule has 2 aromatic rings. The molecule has 172 valence electrons. The van der Waals surface area contributed by atoms with Crippen molar-refractivity contribution in [2.45, 2.75) is 48.0 Å². The summed E-state index contributed by atoms with van der Waals surface area (Å²) in [4.78, 5) is 24.7. The van der Waals surface area contributed by atoms with Gasteiger partial charge in [0, 0.05) is 24.5 Å². The lowest BCUT2D eigenvalue weighted by molar-refractivity contribution is -0.0142. The van der Waals surface area contributed by atoms with Gasteiger partial charge in [0.05, 0.1) is 0 Å². The summed E-state index contributed by atoms with van der Waals surface area (Å²) in [6, 6.07) is 11.7. The predicted octanol–water partition coefficient (Wildman–Crippen LogP) is 5.53. The Hall–Kier alpha value is -3.02. The highest BCUT2D eigenvalue weighted by Crippen LogP contribution is 2.50. The Morgan fingerprint density at radius 1 is 0.781 bits per heavy atom. The Balaban J connectivity index is 1.43. The largest absolute Gasteiger partial charge is 0.338 e. The molecule has 0 aliphatic heterocycles. The first-order chi connectivity index (χ1) is 15.1. The lowest BCUT2D eigenvalue weighted by Gasteiger charge is -2.52. The maximum atomic E-state index is 12.4. The second kappa shape index (κ2) is 9.63. The van der Waals surface area contributed by atoms with Gasteiger partial charge < -0.3 is 21.3 Å². The first-order valence-electron chi connectivity index (χ1n) is 11.3. The Kier molecular flexibility index (Phi) is 7.12. The van der Waals surface area contributed by atoms with Crippen LogP contribution in [0, 0.1) is 44.9 Å². The van der Waals surface area contributed by atoms with Crippen LogP contribution in [0.5, 0.6) is 0 Å². The van der Waals surface area contributed by atoms with Crippen molar-refractivity contribution < 1.29 is 9.59 Å². The van der Waals surface area contributed by atoms with E-state index in [-0.39, 0.29) is 17.5 Å². The summed E-state index contributed by atoms with van der Waals surface area (Å²) in [7, 11) is 0. The standard InChI is InChI=1S/C26H36N4O2/c1-16-7-9-18(3)22(11-16)29-24(31)27-14-20-13-21(26(20,5)6)15-28-25(32)30-23-12-17(2)8-10-19(23)4/h7-12,20-21H,13-15H2,1-6H3,(H2,27,29,31)(H2,28,30,32). The summed E-state index contributed by atoms with van der Waals surface area (Å²) < 4.78 is 0. The molecule has 1 fully saturated rings. The third kappa shape index (κ3) is 5.61. The molecule has 0 bridgehead atoms. The van der Waals surface area contributed by atoms with Crippen LogP contribution in [0.2, 0.25) is 0 Å². The minimum Gasteiger partial charge on any atom is -0.338 e. The van der Waals surface area contributed by atoms with E-state index < -0.39 is 0 Å². The molecule has 6 heteroatoms. The quantitative estimate of drug-likeness (QED) is 0.480. The van der Waals surface area contributed by atoms with E-state index in [1.807, 2.05) is 64.1 Å². The lowest BCUT2D eigenvalue weighted by atomic mass is 9.54. The summed E-state index contributed by atoms with van der Waals surface area (Å²) in [6.07, 6.45) is 0.973. The average molecular weight is 437 g/mol. The first kappa shape index (κ1) is 23.6. The molecule has 4 N–H and O–H groups in total. The van der Waals surface area contributed by atoms with E-state index in [0.29, 0.717) is 24.9 Å². The Morgan fingerprint density at radius 2 is 1.19 bits per heavy atom. The number of benzene rings is 2. The van der Waals surface area contributed by atoms with Crippen molar-refractivity contribution in [3.8, 4) is 0 Å². The first-order valence-corrected chi connectivity index (χ1v) is 11.3. The number of amides is 4. The number of carbonyl (C=O) groups excluding carboxylic acids is 2. The summed E-state index contributed by atoms with van der Waals surface area (Å²) in [5, 5.41) is 11.9. The van der Waals surface area contributed by atoms with Crippen molar-refractivity contribution in [2.75, 3.05) is 23.7 Å². The molecule has 0 heterocycles. The van der Waals surface area contributed by atoms with Gasteiger partial charge in [-0.05, 0) is 85.8 Å². The van der Waals surface area contributed by atoms with E-state index in [4.69, 9.17) is 0 Å². The summed E-state index contributed by atoms with van der Waals surface area (Å²) >= 11 is 0. The molecule has 1 aliphatic rings. The molecule has 32 heavy (non-hydrogen) atoms. The summed E-state index contributed by atoms with van der Waals surface area (Å²) in [6.45, 7) is 13.6. The summed E-state index contributed by atoms with van der Waals surface area (Å²) in [5.74, 6) is 0.751. The van der Waals surface area contributed by atoms with Crippen LogP contribution in [0.4, 0.5) is 21.0 Å². The molecule has 0 saturated heterocycles. The topological polar surface area (TPSA) is 82.3 Å². The van der Waals surface area contributed by atoms with E-state index in [1.54, 1.807) is 0 Å². The minimum absolute atomic E-state index is 0.0407. The van der Waals surface area contributed by atoms with Crippen LogP contribution in [0.15, 0.2) is 36.4 Å². The fourth-order valence-electron chi connectivity index (χ4n) is 4.32. The van der Waals surface area contributed by atoms with Gasteiger partial charge in [-0.25, -0.2) is 9.59 Å². The fourth-order valence-corrected chi connectivity index (χ4v) is 4.32. The highest BCUT2D eigenvalue weighted by molar-refractivity contribution is 5.90. The number of hydrogen-bond donors (Lipinski definition) is 4. The second-order valence-corrected chi connectivity index (χ2v) is 9.76. The zero-order valence-corrected chi connectivity index (χ0v) is 20.1. The SMILES string of the molecule is Cc1ccc(C)c(NC(=O)NCC2CC(CNC(=O)Nc3cc(C)ccc3C)C2(C)C)c1. The molecule has 3 rings (SSSR count). The number of aryl methyl sites for hydroxylation is 4. The molecule has 0 spiro atoms.